The fourth-order valence-corrected chi connectivity index (χ4v) is 1.62. The number of rotatable bonds is 5. The van der Waals surface area contributed by atoms with Crippen molar-refractivity contribution in [1.29, 1.82) is 0 Å². The van der Waals surface area contributed by atoms with Gasteiger partial charge in [0.05, 0.1) is 18.5 Å². The van der Waals surface area contributed by atoms with Gasteiger partial charge in [-0.15, -0.1) is 0 Å². The van der Waals surface area contributed by atoms with Crippen molar-refractivity contribution in [2.45, 2.75) is 32.7 Å². The van der Waals surface area contributed by atoms with Gasteiger partial charge in [-0.3, -0.25) is 0 Å². The zero-order chi connectivity index (χ0) is 11.3. The van der Waals surface area contributed by atoms with E-state index in [-0.39, 0.29) is 0 Å². The standard InChI is InChI=1S/C12H20N2O/c1-4-6-9(2)14-10-7-5-8-11(15-3)12(10)13/h5,7-9,14H,4,6,13H2,1-3H3. The highest BCUT2D eigenvalue weighted by Gasteiger charge is 2.07. The first-order chi connectivity index (χ1) is 7.19. The Morgan fingerprint density at radius 2 is 2.20 bits per heavy atom. The largest absolute Gasteiger partial charge is 0.495 e. The van der Waals surface area contributed by atoms with Gasteiger partial charge in [0.1, 0.15) is 5.75 Å². The molecule has 0 bridgehead atoms. The number of para-hydroxylation sites is 1. The SMILES string of the molecule is CCCC(C)Nc1cccc(OC)c1N. The molecule has 0 aliphatic heterocycles. The Morgan fingerprint density at radius 1 is 1.47 bits per heavy atom. The van der Waals surface area contributed by atoms with Crippen molar-refractivity contribution in [3.05, 3.63) is 18.2 Å². The lowest BCUT2D eigenvalue weighted by atomic mass is 10.1. The van der Waals surface area contributed by atoms with Crippen LogP contribution in [0.1, 0.15) is 26.7 Å². The van der Waals surface area contributed by atoms with Gasteiger partial charge in [-0.1, -0.05) is 19.4 Å². The van der Waals surface area contributed by atoms with Crippen molar-refractivity contribution in [3.63, 3.8) is 0 Å². The molecule has 0 aliphatic carbocycles. The molecule has 0 spiro atoms. The lowest BCUT2D eigenvalue weighted by Gasteiger charge is -2.17. The summed E-state index contributed by atoms with van der Waals surface area (Å²) in [6, 6.07) is 6.22. The van der Waals surface area contributed by atoms with Crippen molar-refractivity contribution in [1.82, 2.24) is 0 Å². The minimum absolute atomic E-state index is 0.435. The monoisotopic (exact) mass is 208 g/mol. The molecule has 3 heteroatoms. The first kappa shape index (κ1) is 11.7. The Kier molecular flexibility index (Phi) is 4.28. The van der Waals surface area contributed by atoms with Crippen LogP contribution < -0.4 is 15.8 Å². The molecule has 0 aromatic heterocycles. The molecule has 3 nitrogen and oxygen atoms in total. The lowest BCUT2D eigenvalue weighted by Crippen LogP contribution is -2.15. The van der Waals surface area contributed by atoms with E-state index >= 15 is 0 Å². The molecule has 1 aromatic rings. The molecule has 0 radical (unpaired) electrons. The van der Waals surface area contributed by atoms with Crippen LogP contribution in [0.3, 0.4) is 0 Å². The van der Waals surface area contributed by atoms with Crippen molar-refractivity contribution >= 4 is 11.4 Å². The van der Waals surface area contributed by atoms with Crippen LogP contribution in [0.15, 0.2) is 18.2 Å². The molecule has 0 amide bonds. The van der Waals surface area contributed by atoms with Gasteiger partial charge >= 0.3 is 0 Å². The van der Waals surface area contributed by atoms with E-state index in [1.165, 1.54) is 0 Å². The fraction of sp³-hybridized carbons (Fsp3) is 0.500. The molecular formula is C12H20N2O. The van der Waals surface area contributed by atoms with Gasteiger partial charge in [0, 0.05) is 6.04 Å². The molecule has 1 atom stereocenters. The van der Waals surface area contributed by atoms with Gasteiger partial charge < -0.3 is 15.8 Å². The number of anilines is 2. The number of hydrogen-bond acceptors (Lipinski definition) is 3. The Labute approximate surface area is 91.6 Å². The molecule has 1 unspecified atom stereocenters. The molecule has 3 N–H and O–H groups in total. The maximum atomic E-state index is 5.95. The molecular weight excluding hydrogens is 188 g/mol. The maximum Gasteiger partial charge on any atom is 0.143 e. The second-order valence-electron chi connectivity index (χ2n) is 3.76. The first-order valence-corrected chi connectivity index (χ1v) is 5.38. The van der Waals surface area contributed by atoms with E-state index in [0.717, 1.165) is 24.3 Å². The van der Waals surface area contributed by atoms with Gasteiger partial charge in [-0.05, 0) is 25.5 Å². The summed E-state index contributed by atoms with van der Waals surface area (Å²) in [7, 11) is 1.63. The summed E-state index contributed by atoms with van der Waals surface area (Å²) in [6.07, 6.45) is 2.30. The molecule has 0 aliphatic rings. The van der Waals surface area contributed by atoms with E-state index in [1.807, 2.05) is 18.2 Å². The maximum absolute atomic E-state index is 5.95. The third-order valence-corrected chi connectivity index (χ3v) is 2.41. The van der Waals surface area contributed by atoms with E-state index in [1.54, 1.807) is 7.11 Å². The molecule has 15 heavy (non-hydrogen) atoms. The summed E-state index contributed by atoms with van der Waals surface area (Å²) < 4.78 is 5.16. The molecule has 1 aromatic carbocycles. The van der Waals surface area contributed by atoms with Crippen LogP contribution in [0.4, 0.5) is 11.4 Å². The fourth-order valence-electron chi connectivity index (χ4n) is 1.62. The third-order valence-electron chi connectivity index (χ3n) is 2.41. The van der Waals surface area contributed by atoms with Gasteiger partial charge in [0.2, 0.25) is 0 Å². The third kappa shape index (κ3) is 3.05. The van der Waals surface area contributed by atoms with Crippen molar-refractivity contribution in [2.75, 3.05) is 18.2 Å². The second kappa shape index (κ2) is 5.49. The summed E-state index contributed by atoms with van der Waals surface area (Å²) in [5.74, 6) is 0.726. The average molecular weight is 208 g/mol. The molecule has 1 rings (SSSR count). The van der Waals surface area contributed by atoms with E-state index < -0.39 is 0 Å². The number of methoxy groups -OCH3 is 1. The number of nitrogen functional groups attached to an aromatic ring is 1. The Hall–Kier alpha value is -1.38. The zero-order valence-electron chi connectivity index (χ0n) is 9.71. The quantitative estimate of drug-likeness (QED) is 0.731. The Bertz CT molecular complexity index is 312. The first-order valence-electron chi connectivity index (χ1n) is 5.38. The molecule has 0 heterocycles. The minimum Gasteiger partial charge on any atom is -0.495 e. The van der Waals surface area contributed by atoms with Gasteiger partial charge in [-0.25, -0.2) is 0 Å². The molecule has 84 valence electrons. The van der Waals surface area contributed by atoms with E-state index in [2.05, 4.69) is 19.2 Å². The topological polar surface area (TPSA) is 47.3 Å². The van der Waals surface area contributed by atoms with Gasteiger partial charge in [-0.2, -0.15) is 0 Å². The van der Waals surface area contributed by atoms with E-state index in [4.69, 9.17) is 10.5 Å². The van der Waals surface area contributed by atoms with Crippen LogP contribution in [-0.2, 0) is 0 Å². The van der Waals surface area contributed by atoms with E-state index in [0.29, 0.717) is 11.7 Å². The van der Waals surface area contributed by atoms with Crippen LogP contribution in [0.25, 0.3) is 0 Å². The summed E-state index contributed by atoms with van der Waals surface area (Å²) in [6.45, 7) is 4.33. The highest BCUT2D eigenvalue weighted by Crippen LogP contribution is 2.29. The summed E-state index contributed by atoms with van der Waals surface area (Å²) in [5.41, 5.74) is 7.59. The molecule has 0 fully saturated rings. The van der Waals surface area contributed by atoms with E-state index in [9.17, 15) is 0 Å². The van der Waals surface area contributed by atoms with Crippen LogP contribution in [-0.4, -0.2) is 13.2 Å². The van der Waals surface area contributed by atoms with Crippen molar-refractivity contribution in [3.8, 4) is 5.75 Å². The van der Waals surface area contributed by atoms with Crippen molar-refractivity contribution in [2.24, 2.45) is 0 Å². The Balaban J connectivity index is 2.76. The average Bonchev–Trinajstić information content (AvgIpc) is 2.21. The molecule has 0 saturated heterocycles. The summed E-state index contributed by atoms with van der Waals surface area (Å²) in [5, 5.41) is 3.38. The smallest absolute Gasteiger partial charge is 0.143 e. The Morgan fingerprint density at radius 3 is 2.80 bits per heavy atom. The van der Waals surface area contributed by atoms with Crippen LogP contribution in [0.5, 0.6) is 5.75 Å². The number of nitrogens with two attached hydrogens (primary N) is 1. The highest BCUT2D eigenvalue weighted by atomic mass is 16.5. The molecule has 0 saturated carbocycles. The zero-order valence-corrected chi connectivity index (χ0v) is 9.71. The van der Waals surface area contributed by atoms with Crippen LogP contribution in [0.2, 0.25) is 0 Å². The van der Waals surface area contributed by atoms with Crippen molar-refractivity contribution < 1.29 is 4.74 Å². The minimum atomic E-state index is 0.435. The number of hydrogen-bond donors (Lipinski definition) is 2. The summed E-state index contributed by atoms with van der Waals surface area (Å²) in [4.78, 5) is 0. The van der Waals surface area contributed by atoms with Gasteiger partial charge in [0.25, 0.3) is 0 Å². The van der Waals surface area contributed by atoms with Gasteiger partial charge in [0.15, 0.2) is 0 Å². The number of ether oxygens (including phenoxy) is 1. The predicted octanol–water partition coefficient (Wildman–Crippen LogP) is 2.88. The van der Waals surface area contributed by atoms with Crippen LogP contribution in [0, 0.1) is 0 Å². The normalized spacial score (nSPS) is 12.2. The highest BCUT2D eigenvalue weighted by molar-refractivity contribution is 5.73. The summed E-state index contributed by atoms with van der Waals surface area (Å²) >= 11 is 0. The second-order valence-corrected chi connectivity index (χ2v) is 3.76. The van der Waals surface area contributed by atoms with Crippen LogP contribution >= 0.6 is 0 Å². The lowest BCUT2D eigenvalue weighted by molar-refractivity contribution is 0.417. The number of nitrogens with one attached hydrogen (secondary N) is 1. The predicted molar refractivity (Wildman–Crippen MR) is 65.4 cm³/mol. The number of benzene rings is 1.